The molecule has 0 aromatic heterocycles. The van der Waals surface area contributed by atoms with Crippen molar-refractivity contribution in [1.29, 1.82) is 0 Å². The Bertz CT molecular complexity index is 1200. The molecular weight excluding hydrogens is 460 g/mol. The second-order valence-corrected chi connectivity index (χ2v) is 10.1. The molecule has 1 amide bonds. The number of halogens is 1. The number of sulfonamides is 1. The molecule has 0 heterocycles. The van der Waals surface area contributed by atoms with Crippen LogP contribution in [0.1, 0.15) is 42.2 Å². The predicted octanol–water partition coefficient (Wildman–Crippen LogP) is 5.67. The fourth-order valence-electron chi connectivity index (χ4n) is 3.37. The minimum absolute atomic E-state index is 0.124. The Balaban J connectivity index is 1.77. The van der Waals surface area contributed by atoms with Gasteiger partial charge in [0.15, 0.2) is 0 Å². The van der Waals surface area contributed by atoms with Gasteiger partial charge in [0, 0.05) is 5.56 Å². The van der Waals surface area contributed by atoms with Gasteiger partial charge in [-0.3, -0.25) is 9.52 Å². The maximum absolute atomic E-state index is 13.0. The Morgan fingerprint density at radius 2 is 1.67 bits per heavy atom. The standard InChI is InChI=1S/C25H27ClN2O4S/c1-17(2)15-24(18-9-12-20(32-3)13-10-18)27-25(29)19-11-14-23(22(26)16-19)28-33(30,31)21-7-5-4-6-8-21/h4-14,16-17,24,28H,15H2,1-3H3,(H,27,29)/t24-/m0/s1. The van der Waals surface area contributed by atoms with Crippen molar-refractivity contribution in [3.8, 4) is 5.75 Å². The van der Waals surface area contributed by atoms with Gasteiger partial charge in [-0.2, -0.15) is 0 Å². The van der Waals surface area contributed by atoms with Crippen LogP contribution in [0.4, 0.5) is 5.69 Å². The van der Waals surface area contributed by atoms with E-state index in [1.807, 2.05) is 24.3 Å². The Labute approximate surface area is 200 Å². The van der Waals surface area contributed by atoms with Gasteiger partial charge in [-0.1, -0.05) is 55.8 Å². The normalized spacial score (nSPS) is 12.3. The summed E-state index contributed by atoms with van der Waals surface area (Å²) >= 11 is 6.32. The van der Waals surface area contributed by atoms with E-state index in [0.29, 0.717) is 11.5 Å². The van der Waals surface area contributed by atoms with Crippen LogP contribution in [0.25, 0.3) is 0 Å². The fraction of sp³-hybridized carbons (Fsp3) is 0.240. The van der Waals surface area contributed by atoms with Gasteiger partial charge in [0.25, 0.3) is 15.9 Å². The van der Waals surface area contributed by atoms with Gasteiger partial charge < -0.3 is 10.1 Å². The van der Waals surface area contributed by atoms with Crippen molar-refractivity contribution in [2.24, 2.45) is 5.92 Å². The number of benzene rings is 3. The molecule has 3 aromatic rings. The molecule has 0 aliphatic rings. The number of ether oxygens (including phenoxy) is 1. The van der Waals surface area contributed by atoms with Gasteiger partial charge in [-0.25, -0.2) is 8.42 Å². The Morgan fingerprint density at radius 1 is 1.00 bits per heavy atom. The average molecular weight is 487 g/mol. The molecule has 0 bridgehead atoms. The molecule has 8 heteroatoms. The van der Waals surface area contributed by atoms with E-state index in [1.54, 1.807) is 31.4 Å². The molecule has 0 saturated carbocycles. The van der Waals surface area contributed by atoms with Gasteiger partial charge in [0.1, 0.15) is 5.75 Å². The van der Waals surface area contributed by atoms with Gasteiger partial charge in [-0.15, -0.1) is 0 Å². The highest BCUT2D eigenvalue weighted by molar-refractivity contribution is 7.92. The van der Waals surface area contributed by atoms with Crippen molar-refractivity contribution in [2.45, 2.75) is 31.2 Å². The van der Waals surface area contributed by atoms with E-state index in [9.17, 15) is 13.2 Å². The first kappa shape index (κ1) is 24.6. The topological polar surface area (TPSA) is 84.5 Å². The zero-order valence-corrected chi connectivity index (χ0v) is 20.3. The lowest BCUT2D eigenvalue weighted by Gasteiger charge is -2.22. The lowest BCUT2D eigenvalue weighted by molar-refractivity contribution is 0.0932. The molecule has 174 valence electrons. The van der Waals surface area contributed by atoms with E-state index in [-0.39, 0.29) is 27.6 Å². The molecule has 0 radical (unpaired) electrons. The smallest absolute Gasteiger partial charge is 0.261 e. The Kier molecular flexibility index (Phi) is 8.00. The molecule has 1 atom stereocenters. The van der Waals surface area contributed by atoms with Crippen LogP contribution in [0.2, 0.25) is 5.02 Å². The van der Waals surface area contributed by atoms with Crippen molar-refractivity contribution in [2.75, 3.05) is 11.8 Å². The zero-order valence-electron chi connectivity index (χ0n) is 18.7. The molecule has 2 N–H and O–H groups in total. The maximum atomic E-state index is 13.0. The van der Waals surface area contributed by atoms with Crippen molar-refractivity contribution in [1.82, 2.24) is 5.32 Å². The summed E-state index contributed by atoms with van der Waals surface area (Å²) in [6.45, 7) is 4.18. The second-order valence-electron chi connectivity index (χ2n) is 8.04. The van der Waals surface area contributed by atoms with E-state index >= 15 is 0 Å². The molecule has 33 heavy (non-hydrogen) atoms. The molecule has 0 unspecified atom stereocenters. The van der Waals surface area contributed by atoms with E-state index in [4.69, 9.17) is 16.3 Å². The van der Waals surface area contributed by atoms with Gasteiger partial charge in [0.2, 0.25) is 0 Å². The zero-order chi connectivity index (χ0) is 24.0. The average Bonchev–Trinajstić information content (AvgIpc) is 2.80. The first-order chi connectivity index (χ1) is 15.7. The third-order valence-corrected chi connectivity index (χ3v) is 6.75. The van der Waals surface area contributed by atoms with Crippen molar-refractivity contribution < 1.29 is 17.9 Å². The fourth-order valence-corrected chi connectivity index (χ4v) is 4.75. The third kappa shape index (κ3) is 6.49. The first-order valence-corrected chi connectivity index (χ1v) is 12.4. The molecule has 3 rings (SSSR count). The lowest BCUT2D eigenvalue weighted by Crippen LogP contribution is -2.29. The van der Waals surface area contributed by atoms with E-state index in [0.717, 1.165) is 17.7 Å². The predicted molar refractivity (Wildman–Crippen MR) is 131 cm³/mol. The maximum Gasteiger partial charge on any atom is 0.261 e. The summed E-state index contributed by atoms with van der Waals surface area (Å²) in [5.41, 5.74) is 1.51. The number of rotatable bonds is 9. The van der Waals surface area contributed by atoms with Crippen LogP contribution >= 0.6 is 11.6 Å². The van der Waals surface area contributed by atoms with Crippen LogP contribution in [0.5, 0.6) is 5.75 Å². The van der Waals surface area contributed by atoms with Crippen LogP contribution in [0, 0.1) is 5.92 Å². The molecule has 0 spiro atoms. The number of hydrogen-bond acceptors (Lipinski definition) is 4. The summed E-state index contributed by atoms with van der Waals surface area (Å²) in [7, 11) is -2.18. The third-order valence-electron chi connectivity index (χ3n) is 5.06. The molecule has 0 aliphatic carbocycles. The summed E-state index contributed by atoms with van der Waals surface area (Å²) in [4.78, 5) is 13.1. The highest BCUT2D eigenvalue weighted by Crippen LogP contribution is 2.28. The van der Waals surface area contributed by atoms with Crippen molar-refractivity contribution >= 4 is 33.2 Å². The second kappa shape index (κ2) is 10.7. The van der Waals surface area contributed by atoms with Crippen LogP contribution in [0.15, 0.2) is 77.7 Å². The number of methoxy groups -OCH3 is 1. The summed E-state index contributed by atoms with van der Waals surface area (Å²) in [6.07, 6.45) is 0.751. The van der Waals surface area contributed by atoms with Crippen molar-refractivity contribution in [3.05, 3.63) is 88.9 Å². The minimum Gasteiger partial charge on any atom is -0.497 e. The molecule has 0 fully saturated rings. The summed E-state index contributed by atoms with van der Waals surface area (Å²) < 4.78 is 32.8. The van der Waals surface area contributed by atoms with Crippen LogP contribution < -0.4 is 14.8 Å². The van der Waals surface area contributed by atoms with Gasteiger partial charge in [0.05, 0.1) is 28.8 Å². The van der Waals surface area contributed by atoms with Crippen LogP contribution in [-0.4, -0.2) is 21.4 Å². The number of carbonyl (C=O) groups is 1. The SMILES string of the molecule is COc1ccc([C@H](CC(C)C)NC(=O)c2ccc(NS(=O)(=O)c3ccccc3)c(Cl)c2)cc1. The molecule has 3 aromatic carbocycles. The van der Waals surface area contributed by atoms with E-state index in [1.165, 1.54) is 24.3 Å². The number of amides is 1. The number of nitrogens with one attached hydrogen (secondary N) is 2. The molecule has 0 aliphatic heterocycles. The van der Waals surface area contributed by atoms with E-state index in [2.05, 4.69) is 23.9 Å². The minimum atomic E-state index is -3.79. The molecule has 0 saturated heterocycles. The number of anilines is 1. The van der Waals surface area contributed by atoms with Gasteiger partial charge in [-0.05, 0) is 60.4 Å². The summed E-state index contributed by atoms with van der Waals surface area (Å²) in [5, 5.41) is 3.19. The highest BCUT2D eigenvalue weighted by atomic mass is 35.5. The monoisotopic (exact) mass is 486 g/mol. The van der Waals surface area contributed by atoms with Gasteiger partial charge >= 0.3 is 0 Å². The summed E-state index contributed by atoms with van der Waals surface area (Å²) in [6, 6.07) is 19.9. The quantitative estimate of drug-likeness (QED) is 0.408. The Hall–Kier alpha value is -3.03. The lowest BCUT2D eigenvalue weighted by atomic mass is 9.96. The highest BCUT2D eigenvalue weighted by Gasteiger charge is 2.20. The molecular formula is C25H27ClN2O4S. The number of carbonyl (C=O) groups excluding carboxylic acids is 1. The Morgan fingerprint density at radius 3 is 2.24 bits per heavy atom. The van der Waals surface area contributed by atoms with E-state index < -0.39 is 10.0 Å². The largest absolute Gasteiger partial charge is 0.497 e. The van der Waals surface area contributed by atoms with Crippen LogP contribution in [-0.2, 0) is 10.0 Å². The first-order valence-electron chi connectivity index (χ1n) is 10.5. The summed E-state index contributed by atoms with van der Waals surface area (Å²) in [5.74, 6) is 0.806. The van der Waals surface area contributed by atoms with Crippen molar-refractivity contribution in [3.63, 3.8) is 0 Å². The number of hydrogen-bond donors (Lipinski definition) is 2. The molecule has 6 nitrogen and oxygen atoms in total. The van der Waals surface area contributed by atoms with Crippen LogP contribution in [0.3, 0.4) is 0 Å².